The van der Waals surface area contributed by atoms with Gasteiger partial charge in [-0.15, -0.1) is 11.3 Å². The second kappa shape index (κ2) is 9.06. The molecule has 0 unspecified atom stereocenters. The van der Waals surface area contributed by atoms with Gasteiger partial charge in [0.25, 0.3) is 10.0 Å². The summed E-state index contributed by atoms with van der Waals surface area (Å²) in [4.78, 5) is 3.58. The molecular weight excluding hydrogens is 438 g/mol. The van der Waals surface area contributed by atoms with Crippen LogP contribution in [0.2, 0.25) is 0 Å². The number of piperidine rings is 1. The third-order valence-electron chi connectivity index (χ3n) is 5.63. The summed E-state index contributed by atoms with van der Waals surface area (Å²) < 4.78 is 56.2. The molecule has 0 saturated carbocycles. The highest BCUT2D eigenvalue weighted by molar-refractivity contribution is 7.92. The lowest BCUT2D eigenvalue weighted by molar-refractivity contribution is 0.208. The van der Waals surface area contributed by atoms with Crippen molar-refractivity contribution in [2.24, 2.45) is 0 Å². The fourth-order valence-corrected chi connectivity index (χ4v) is 6.37. The van der Waals surface area contributed by atoms with Gasteiger partial charge in [-0.3, -0.25) is 9.21 Å². The lowest BCUT2D eigenvalue weighted by Gasteiger charge is -2.39. The van der Waals surface area contributed by atoms with Crippen molar-refractivity contribution in [2.45, 2.75) is 37.2 Å². The van der Waals surface area contributed by atoms with Crippen LogP contribution in [0.15, 0.2) is 64.9 Å². The predicted molar refractivity (Wildman–Crippen MR) is 120 cm³/mol. The first-order chi connectivity index (χ1) is 14.8. The van der Waals surface area contributed by atoms with E-state index in [0.717, 1.165) is 31.8 Å². The third-order valence-corrected chi connectivity index (χ3v) is 8.38. The molecule has 0 spiro atoms. The van der Waals surface area contributed by atoms with Crippen molar-refractivity contribution in [2.75, 3.05) is 17.4 Å². The minimum absolute atomic E-state index is 0.00380. The van der Waals surface area contributed by atoms with Crippen LogP contribution in [-0.4, -0.2) is 32.4 Å². The van der Waals surface area contributed by atoms with Gasteiger partial charge in [0.2, 0.25) is 0 Å². The number of rotatable bonds is 6. The van der Waals surface area contributed by atoms with Crippen LogP contribution < -0.4 is 4.31 Å². The Balaban J connectivity index is 1.63. The number of hydrogen-bond donors (Lipinski definition) is 0. The number of anilines is 1. The van der Waals surface area contributed by atoms with Gasteiger partial charge >= 0.3 is 0 Å². The number of benzene rings is 2. The van der Waals surface area contributed by atoms with Crippen LogP contribution in [0.5, 0.6) is 0 Å². The number of thiophene rings is 1. The molecule has 3 aromatic rings. The van der Waals surface area contributed by atoms with E-state index in [9.17, 15) is 17.2 Å². The van der Waals surface area contributed by atoms with Crippen LogP contribution in [-0.2, 0) is 16.6 Å². The Bertz CT molecular complexity index is 1120. The maximum atomic E-state index is 14.3. The predicted octanol–water partition coefficient (Wildman–Crippen LogP) is 5.19. The Labute approximate surface area is 185 Å². The van der Waals surface area contributed by atoms with E-state index in [1.807, 2.05) is 11.4 Å². The molecule has 4 nitrogen and oxygen atoms in total. The Morgan fingerprint density at radius 3 is 2.39 bits per heavy atom. The monoisotopic (exact) mass is 462 g/mol. The van der Waals surface area contributed by atoms with Gasteiger partial charge < -0.3 is 0 Å². The molecule has 0 bridgehead atoms. The van der Waals surface area contributed by atoms with E-state index in [1.54, 1.807) is 30.4 Å². The summed E-state index contributed by atoms with van der Waals surface area (Å²) in [7, 11) is -3.98. The van der Waals surface area contributed by atoms with Crippen molar-refractivity contribution in [1.82, 2.24) is 4.90 Å². The number of aryl methyl sites for hydroxylation is 1. The number of sulfonamides is 1. The van der Waals surface area contributed by atoms with Crippen molar-refractivity contribution in [3.8, 4) is 0 Å². The zero-order chi connectivity index (χ0) is 22.0. The first-order valence-corrected chi connectivity index (χ1v) is 12.5. The van der Waals surface area contributed by atoms with Gasteiger partial charge in [0.15, 0.2) is 0 Å². The second-order valence-electron chi connectivity index (χ2n) is 7.77. The Morgan fingerprint density at radius 2 is 1.77 bits per heavy atom. The molecule has 1 aliphatic heterocycles. The average Bonchev–Trinajstić information content (AvgIpc) is 3.25. The van der Waals surface area contributed by atoms with E-state index in [-0.39, 0.29) is 10.9 Å². The SMILES string of the molecule is Cc1ccc(N(C2CCN(Cc3cccs3)CC2)S(=O)(=O)c2ccc(F)cc2)cc1F. The highest BCUT2D eigenvalue weighted by Crippen LogP contribution is 2.32. The number of hydrogen-bond acceptors (Lipinski definition) is 4. The summed E-state index contributed by atoms with van der Waals surface area (Å²) in [5.41, 5.74) is 0.748. The normalized spacial score (nSPS) is 15.8. The molecular formula is C23H24F2N2O2S2. The number of nitrogens with zero attached hydrogens (tertiary/aromatic N) is 2. The van der Waals surface area contributed by atoms with Gasteiger partial charge in [0, 0.05) is 30.6 Å². The summed E-state index contributed by atoms with van der Waals surface area (Å²) in [6.07, 6.45) is 1.25. The molecule has 4 rings (SSSR count). The van der Waals surface area contributed by atoms with E-state index in [2.05, 4.69) is 11.0 Å². The van der Waals surface area contributed by atoms with Gasteiger partial charge in [-0.2, -0.15) is 0 Å². The Kier molecular flexibility index (Phi) is 6.41. The fraction of sp³-hybridized carbons (Fsp3) is 0.304. The Morgan fingerprint density at radius 1 is 1.06 bits per heavy atom. The quantitative estimate of drug-likeness (QED) is 0.506. The standard InChI is InChI=1S/C23H24F2N2O2S2/c1-17-4-7-20(15-23(17)25)27(31(28,29)22-8-5-18(24)6-9-22)19-10-12-26(13-11-19)16-21-3-2-14-30-21/h2-9,14-15,19H,10-13,16H2,1H3. The Hall–Kier alpha value is -2.29. The molecule has 0 amide bonds. The minimum Gasteiger partial charge on any atom is -0.298 e. The zero-order valence-electron chi connectivity index (χ0n) is 17.2. The van der Waals surface area contributed by atoms with E-state index < -0.39 is 21.7 Å². The topological polar surface area (TPSA) is 40.6 Å². The van der Waals surface area contributed by atoms with Crippen LogP contribution in [0.1, 0.15) is 23.3 Å². The van der Waals surface area contributed by atoms with Crippen molar-refractivity contribution >= 4 is 27.0 Å². The zero-order valence-corrected chi connectivity index (χ0v) is 18.8. The lowest BCUT2D eigenvalue weighted by atomic mass is 10.0. The molecule has 0 radical (unpaired) electrons. The van der Waals surface area contributed by atoms with Crippen molar-refractivity contribution in [1.29, 1.82) is 0 Å². The maximum absolute atomic E-state index is 14.3. The fourth-order valence-electron chi connectivity index (χ4n) is 3.92. The average molecular weight is 463 g/mol. The molecule has 0 aliphatic carbocycles. The summed E-state index contributed by atoms with van der Waals surface area (Å²) in [5, 5.41) is 2.05. The van der Waals surface area contributed by atoms with Crippen molar-refractivity contribution in [3.63, 3.8) is 0 Å². The van der Waals surface area contributed by atoms with Crippen LogP contribution in [0, 0.1) is 18.6 Å². The van der Waals surface area contributed by atoms with E-state index >= 15 is 0 Å². The first kappa shape index (κ1) is 21.9. The van der Waals surface area contributed by atoms with Crippen molar-refractivity contribution < 1.29 is 17.2 Å². The smallest absolute Gasteiger partial charge is 0.264 e. The molecule has 2 heterocycles. The molecule has 1 aliphatic rings. The highest BCUT2D eigenvalue weighted by atomic mass is 32.2. The molecule has 0 atom stereocenters. The van der Waals surface area contributed by atoms with Crippen molar-refractivity contribution in [3.05, 3.63) is 82.1 Å². The van der Waals surface area contributed by atoms with Crippen LogP contribution >= 0.6 is 11.3 Å². The van der Waals surface area contributed by atoms with Crippen LogP contribution in [0.25, 0.3) is 0 Å². The van der Waals surface area contributed by atoms with Crippen LogP contribution in [0.3, 0.4) is 0 Å². The minimum atomic E-state index is -3.98. The molecule has 8 heteroatoms. The summed E-state index contributed by atoms with van der Waals surface area (Å²) in [6.45, 7) is 3.97. The van der Waals surface area contributed by atoms with Gasteiger partial charge in [0.1, 0.15) is 11.6 Å². The molecule has 1 fully saturated rings. The number of likely N-dealkylation sites (tertiary alicyclic amines) is 1. The molecule has 1 aromatic heterocycles. The van der Waals surface area contributed by atoms with Gasteiger partial charge in [0.05, 0.1) is 10.6 Å². The van der Waals surface area contributed by atoms with Gasteiger partial charge in [-0.1, -0.05) is 12.1 Å². The second-order valence-corrected chi connectivity index (χ2v) is 10.6. The molecule has 0 N–H and O–H groups in total. The first-order valence-electron chi connectivity index (χ1n) is 10.2. The van der Waals surface area contributed by atoms with E-state index in [4.69, 9.17) is 0 Å². The molecule has 1 saturated heterocycles. The molecule has 2 aromatic carbocycles. The number of halogens is 2. The summed E-state index contributed by atoms with van der Waals surface area (Å²) in [5.74, 6) is -0.958. The summed E-state index contributed by atoms with van der Waals surface area (Å²) >= 11 is 1.71. The van der Waals surface area contributed by atoms with Gasteiger partial charge in [-0.25, -0.2) is 17.2 Å². The largest absolute Gasteiger partial charge is 0.298 e. The molecule has 31 heavy (non-hydrogen) atoms. The van der Waals surface area contributed by atoms with Crippen LogP contribution in [0.4, 0.5) is 14.5 Å². The van der Waals surface area contributed by atoms with E-state index in [1.165, 1.54) is 27.4 Å². The van der Waals surface area contributed by atoms with Gasteiger partial charge in [-0.05, 0) is 73.2 Å². The lowest BCUT2D eigenvalue weighted by Crippen LogP contribution is -2.47. The third kappa shape index (κ3) is 4.81. The highest BCUT2D eigenvalue weighted by Gasteiger charge is 2.34. The molecule has 164 valence electrons. The van der Waals surface area contributed by atoms with E-state index in [0.29, 0.717) is 24.1 Å². The maximum Gasteiger partial charge on any atom is 0.264 e. The summed E-state index contributed by atoms with van der Waals surface area (Å²) in [6, 6.07) is 13.1.